The fraction of sp³-hybridized carbons (Fsp3) is 0.385. The Morgan fingerprint density at radius 1 is 1.20 bits per heavy atom. The van der Waals surface area contributed by atoms with Crippen molar-refractivity contribution in [3.05, 3.63) is 39.2 Å². The zero-order chi connectivity index (χ0) is 11.2. The Hall–Kier alpha value is -0.510. The quantitative estimate of drug-likeness (QED) is 0.508. The van der Waals surface area contributed by atoms with Crippen molar-refractivity contribution in [1.29, 1.82) is 0 Å². The number of aryl methyl sites for hydroxylation is 1. The molecule has 0 aliphatic carbocycles. The third kappa shape index (κ3) is 1.92. The lowest BCUT2D eigenvalue weighted by atomic mass is 9.89. The first-order chi connectivity index (χ1) is 6.89. The van der Waals surface area contributed by atoms with Crippen LogP contribution in [0.15, 0.2) is 24.4 Å². The van der Waals surface area contributed by atoms with Gasteiger partial charge in [0.25, 0.3) is 0 Å². The standard InChI is InChI=1S/C13H16IN/c1-9-5-6-11-7-10(13(2,3)4)8-15(11)12(9)14/h5-8H,1-4H3. The highest BCUT2D eigenvalue weighted by molar-refractivity contribution is 14.1. The van der Waals surface area contributed by atoms with E-state index < -0.39 is 0 Å². The monoisotopic (exact) mass is 313 g/mol. The highest BCUT2D eigenvalue weighted by atomic mass is 127. The van der Waals surface area contributed by atoms with Crippen LogP contribution in [-0.2, 0) is 5.41 Å². The smallest absolute Gasteiger partial charge is 0.0873 e. The molecule has 2 aromatic heterocycles. The first-order valence-electron chi connectivity index (χ1n) is 5.17. The molecule has 0 spiro atoms. The zero-order valence-electron chi connectivity index (χ0n) is 9.63. The third-order valence-electron chi connectivity index (χ3n) is 2.76. The average Bonchev–Trinajstić information content (AvgIpc) is 2.55. The minimum Gasteiger partial charge on any atom is -0.311 e. The number of fused-ring (bicyclic) bond motifs is 1. The molecule has 80 valence electrons. The van der Waals surface area contributed by atoms with Crippen LogP contribution in [0.5, 0.6) is 0 Å². The Labute approximate surface area is 105 Å². The molecule has 0 aromatic carbocycles. The van der Waals surface area contributed by atoms with Gasteiger partial charge in [0.2, 0.25) is 0 Å². The highest BCUT2D eigenvalue weighted by Gasteiger charge is 2.16. The fourth-order valence-electron chi connectivity index (χ4n) is 1.66. The summed E-state index contributed by atoms with van der Waals surface area (Å²) in [4.78, 5) is 0. The van der Waals surface area contributed by atoms with Crippen LogP contribution in [0.4, 0.5) is 0 Å². The Kier molecular flexibility index (Phi) is 2.57. The lowest BCUT2D eigenvalue weighted by molar-refractivity contribution is 0.590. The summed E-state index contributed by atoms with van der Waals surface area (Å²) in [6.45, 7) is 8.91. The Balaban J connectivity index is 2.72. The van der Waals surface area contributed by atoms with E-state index >= 15 is 0 Å². The third-order valence-corrected chi connectivity index (χ3v) is 4.13. The molecular formula is C13H16IN. The van der Waals surface area contributed by atoms with Crippen LogP contribution in [0.1, 0.15) is 31.9 Å². The number of halogens is 1. The van der Waals surface area contributed by atoms with Gasteiger partial charge in [-0.15, -0.1) is 0 Å². The van der Waals surface area contributed by atoms with Gasteiger partial charge in [-0.3, -0.25) is 0 Å². The molecule has 2 aromatic rings. The summed E-state index contributed by atoms with van der Waals surface area (Å²) in [7, 11) is 0. The van der Waals surface area contributed by atoms with Crippen molar-refractivity contribution in [1.82, 2.24) is 4.40 Å². The van der Waals surface area contributed by atoms with Crippen LogP contribution in [-0.4, -0.2) is 4.40 Å². The number of aromatic nitrogens is 1. The number of rotatable bonds is 0. The molecule has 0 atom stereocenters. The van der Waals surface area contributed by atoms with Crippen LogP contribution in [0, 0.1) is 10.6 Å². The van der Waals surface area contributed by atoms with E-state index in [4.69, 9.17) is 0 Å². The Bertz CT molecular complexity index is 503. The molecule has 0 aliphatic rings. The molecule has 0 saturated heterocycles. The van der Waals surface area contributed by atoms with Crippen molar-refractivity contribution in [2.24, 2.45) is 0 Å². The Morgan fingerprint density at radius 3 is 2.47 bits per heavy atom. The largest absolute Gasteiger partial charge is 0.311 e. The molecule has 2 heteroatoms. The van der Waals surface area contributed by atoms with Crippen LogP contribution in [0.25, 0.3) is 5.52 Å². The zero-order valence-corrected chi connectivity index (χ0v) is 11.8. The van der Waals surface area contributed by atoms with Gasteiger partial charge < -0.3 is 4.40 Å². The van der Waals surface area contributed by atoms with Crippen LogP contribution in [0.3, 0.4) is 0 Å². The summed E-state index contributed by atoms with van der Waals surface area (Å²) in [5, 5.41) is 0. The van der Waals surface area contributed by atoms with E-state index in [9.17, 15) is 0 Å². The van der Waals surface area contributed by atoms with Crippen molar-refractivity contribution in [2.75, 3.05) is 0 Å². The molecule has 2 heterocycles. The summed E-state index contributed by atoms with van der Waals surface area (Å²) in [5.74, 6) is 0. The van der Waals surface area contributed by atoms with E-state index in [1.807, 2.05) is 0 Å². The van der Waals surface area contributed by atoms with E-state index in [0.717, 1.165) is 0 Å². The summed E-state index contributed by atoms with van der Waals surface area (Å²) >= 11 is 2.41. The van der Waals surface area contributed by atoms with Gasteiger partial charge in [-0.1, -0.05) is 26.8 Å². The second-order valence-electron chi connectivity index (χ2n) is 5.08. The lowest BCUT2D eigenvalue weighted by Crippen LogP contribution is -2.09. The molecule has 0 unspecified atom stereocenters. The van der Waals surface area contributed by atoms with Gasteiger partial charge in [0.15, 0.2) is 0 Å². The highest BCUT2D eigenvalue weighted by Crippen LogP contribution is 2.26. The maximum Gasteiger partial charge on any atom is 0.0873 e. The Morgan fingerprint density at radius 2 is 1.87 bits per heavy atom. The first-order valence-corrected chi connectivity index (χ1v) is 6.25. The van der Waals surface area contributed by atoms with E-state index in [2.05, 4.69) is 79.1 Å². The molecule has 0 N–H and O–H groups in total. The van der Waals surface area contributed by atoms with Gasteiger partial charge in [-0.05, 0) is 58.2 Å². The minimum atomic E-state index is 0.225. The van der Waals surface area contributed by atoms with Gasteiger partial charge in [-0.2, -0.15) is 0 Å². The molecule has 15 heavy (non-hydrogen) atoms. The van der Waals surface area contributed by atoms with E-state index in [1.165, 1.54) is 20.3 Å². The predicted molar refractivity (Wildman–Crippen MR) is 73.6 cm³/mol. The molecule has 1 nitrogen and oxygen atoms in total. The second kappa shape index (κ2) is 3.51. The van der Waals surface area contributed by atoms with Crippen molar-refractivity contribution in [2.45, 2.75) is 33.1 Å². The number of hydrogen-bond donors (Lipinski definition) is 0. The summed E-state index contributed by atoms with van der Waals surface area (Å²) in [5.41, 5.74) is 4.24. The molecule has 0 radical (unpaired) electrons. The first kappa shape index (κ1) is 11.0. The lowest BCUT2D eigenvalue weighted by Gasteiger charge is -2.15. The molecule has 0 bridgehead atoms. The van der Waals surface area contributed by atoms with Gasteiger partial charge in [0, 0.05) is 11.7 Å². The SMILES string of the molecule is Cc1ccc2cc(C(C)(C)C)cn2c1I. The molecule has 2 rings (SSSR count). The van der Waals surface area contributed by atoms with Gasteiger partial charge in [0.05, 0.1) is 3.70 Å². The summed E-state index contributed by atoms with van der Waals surface area (Å²) < 4.78 is 3.58. The van der Waals surface area contributed by atoms with E-state index in [1.54, 1.807) is 0 Å². The minimum absolute atomic E-state index is 0.225. The average molecular weight is 313 g/mol. The fourth-order valence-corrected chi connectivity index (χ4v) is 2.26. The number of pyridine rings is 1. The van der Waals surface area contributed by atoms with Crippen molar-refractivity contribution >= 4 is 28.1 Å². The van der Waals surface area contributed by atoms with Crippen LogP contribution in [0.2, 0.25) is 0 Å². The molecule has 0 aliphatic heterocycles. The maximum absolute atomic E-state index is 2.41. The predicted octanol–water partition coefficient (Wildman–Crippen LogP) is 4.15. The summed E-state index contributed by atoms with van der Waals surface area (Å²) in [6.07, 6.45) is 2.25. The van der Waals surface area contributed by atoms with Crippen molar-refractivity contribution < 1.29 is 0 Å². The van der Waals surface area contributed by atoms with Crippen LogP contribution >= 0.6 is 22.6 Å². The van der Waals surface area contributed by atoms with Gasteiger partial charge >= 0.3 is 0 Å². The molecule has 0 fully saturated rings. The summed E-state index contributed by atoms with van der Waals surface area (Å²) in [6, 6.07) is 6.65. The normalized spacial score (nSPS) is 12.3. The second-order valence-corrected chi connectivity index (χ2v) is 6.10. The topological polar surface area (TPSA) is 4.41 Å². The molecular weight excluding hydrogens is 297 g/mol. The van der Waals surface area contributed by atoms with E-state index in [-0.39, 0.29) is 5.41 Å². The maximum atomic E-state index is 2.41. The molecule has 0 saturated carbocycles. The number of nitrogens with zero attached hydrogens (tertiary/aromatic N) is 1. The van der Waals surface area contributed by atoms with E-state index in [0.29, 0.717) is 0 Å². The van der Waals surface area contributed by atoms with Crippen molar-refractivity contribution in [3.63, 3.8) is 0 Å². The van der Waals surface area contributed by atoms with Crippen molar-refractivity contribution in [3.8, 4) is 0 Å². The van der Waals surface area contributed by atoms with Gasteiger partial charge in [-0.25, -0.2) is 0 Å². The van der Waals surface area contributed by atoms with Crippen LogP contribution < -0.4 is 0 Å². The molecule has 0 amide bonds. The number of hydrogen-bond acceptors (Lipinski definition) is 0. The van der Waals surface area contributed by atoms with Gasteiger partial charge in [0.1, 0.15) is 0 Å².